The second-order valence-electron chi connectivity index (χ2n) is 5.92. The summed E-state index contributed by atoms with van der Waals surface area (Å²) in [6, 6.07) is 8.19. The molecule has 0 bridgehead atoms. The number of esters is 1. The number of nitrogens with one attached hydrogen (secondary N) is 1. The summed E-state index contributed by atoms with van der Waals surface area (Å²) >= 11 is 0. The minimum atomic E-state index is -0.879. The Bertz CT molecular complexity index is 961. The van der Waals surface area contributed by atoms with E-state index >= 15 is 0 Å². The van der Waals surface area contributed by atoms with E-state index in [0.29, 0.717) is 0 Å². The quantitative estimate of drug-likeness (QED) is 0.627. The predicted octanol–water partition coefficient (Wildman–Crippen LogP) is 2.41. The van der Waals surface area contributed by atoms with E-state index in [9.17, 15) is 28.0 Å². The monoisotopic (exact) mass is 388 g/mol. The van der Waals surface area contributed by atoms with Gasteiger partial charge in [0.1, 0.15) is 11.6 Å². The average Bonchev–Trinajstić information content (AvgIpc) is 3.01. The van der Waals surface area contributed by atoms with Crippen molar-refractivity contribution >= 4 is 35.1 Å². The second kappa shape index (κ2) is 7.95. The number of carbonyl (C=O) groups is 4. The van der Waals surface area contributed by atoms with Crippen LogP contribution < -0.4 is 10.2 Å². The molecule has 3 amide bonds. The molecule has 2 aromatic rings. The number of benzene rings is 2. The van der Waals surface area contributed by atoms with Crippen LogP contribution in [0.15, 0.2) is 42.5 Å². The van der Waals surface area contributed by atoms with E-state index in [1.165, 1.54) is 24.3 Å². The first-order valence-corrected chi connectivity index (χ1v) is 8.23. The number of amides is 3. The minimum absolute atomic E-state index is 0.0229. The highest BCUT2D eigenvalue weighted by molar-refractivity contribution is 6.20. The molecule has 1 aliphatic heterocycles. The largest absolute Gasteiger partial charge is 0.452 e. The molecular weight excluding hydrogens is 374 g/mol. The Kier molecular flexibility index (Phi) is 5.44. The summed E-state index contributed by atoms with van der Waals surface area (Å²) in [5, 5.41) is 2.10. The SMILES string of the molecule is O=C(COC(=O)c1cccc(N2C(=O)CCC2=O)c1)Nc1cc(F)ccc1F. The standard InChI is InChI=1S/C19H14F2N2O5/c20-12-4-5-14(21)15(9-12)22-16(24)10-28-19(27)11-2-1-3-13(8-11)23-17(25)6-7-18(23)26/h1-5,8-9H,6-7,10H2,(H,22,24). The highest BCUT2D eigenvalue weighted by Gasteiger charge is 2.30. The Morgan fingerprint density at radius 1 is 1.04 bits per heavy atom. The number of ether oxygens (including phenoxy) is 1. The van der Waals surface area contributed by atoms with Crippen LogP contribution in [0, 0.1) is 11.6 Å². The molecule has 0 radical (unpaired) electrons. The van der Waals surface area contributed by atoms with Crippen LogP contribution in [0.1, 0.15) is 23.2 Å². The fraction of sp³-hybridized carbons (Fsp3) is 0.158. The van der Waals surface area contributed by atoms with Gasteiger partial charge in [0, 0.05) is 18.9 Å². The van der Waals surface area contributed by atoms with Gasteiger partial charge in [-0.1, -0.05) is 6.07 Å². The Labute approximate surface area is 157 Å². The van der Waals surface area contributed by atoms with Crippen molar-refractivity contribution in [1.82, 2.24) is 0 Å². The van der Waals surface area contributed by atoms with Crippen molar-refractivity contribution in [3.8, 4) is 0 Å². The average molecular weight is 388 g/mol. The maximum Gasteiger partial charge on any atom is 0.338 e. The van der Waals surface area contributed by atoms with Gasteiger partial charge in [-0.3, -0.25) is 19.3 Å². The third-order valence-electron chi connectivity index (χ3n) is 3.93. The summed E-state index contributed by atoms with van der Waals surface area (Å²) in [6.07, 6.45) is 0.203. The molecule has 1 saturated heterocycles. The summed E-state index contributed by atoms with van der Waals surface area (Å²) in [4.78, 5) is 48.5. The topological polar surface area (TPSA) is 92.8 Å². The zero-order valence-electron chi connectivity index (χ0n) is 14.4. The molecule has 0 aliphatic carbocycles. The Morgan fingerprint density at radius 2 is 1.75 bits per heavy atom. The lowest BCUT2D eigenvalue weighted by Crippen LogP contribution is -2.28. The zero-order valence-corrected chi connectivity index (χ0v) is 14.4. The van der Waals surface area contributed by atoms with Gasteiger partial charge in [0.2, 0.25) is 11.8 Å². The van der Waals surface area contributed by atoms with Gasteiger partial charge in [0.25, 0.3) is 5.91 Å². The van der Waals surface area contributed by atoms with Crippen LogP contribution >= 0.6 is 0 Å². The van der Waals surface area contributed by atoms with Gasteiger partial charge >= 0.3 is 5.97 Å². The molecule has 0 atom stereocenters. The number of hydrogen-bond donors (Lipinski definition) is 1. The van der Waals surface area contributed by atoms with Crippen molar-refractivity contribution in [3.05, 3.63) is 59.7 Å². The molecule has 9 heteroatoms. The number of anilines is 2. The van der Waals surface area contributed by atoms with Crippen LogP contribution in [-0.2, 0) is 19.1 Å². The van der Waals surface area contributed by atoms with E-state index in [2.05, 4.69) is 5.32 Å². The first kappa shape index (κ1) is 19.2. The third kappa shape index (κ3) is 4.20. The van der Waals surface area contributed by atoms with E-state index < -0.39 is 30.1 Å². The normalized spacial score (nSPS) is 13.6. The summed E-state index contributed by atoms with van der Waals surface area (Å²) in [5.74, 6) is -4.06. The molecule has 7 nitrogen and oxygen atoms in total. The molecule has 3 rings (SSSR count). The number of carbonyl (C=O) groups excluding carboxylic acids is 4. The molecule has 1 fully saturated rings. The molecular formula is C19H14F2N2O5. The third-order valence-corrected chi connectivity index (χ3v) is 3.93. The second-order valence-corrected chi connectivity index (χ2v) is 5.92. The van der Waals surface area contributed by atoms with Gasteiger partial charge < -0.3 is 10.1 Å². The number of imide groups is 1. The van der Waals surface area contributed by atoms with Crippen molar-refractivity contribution in [2.24, 2.45) is 0 Å². The maximum absolute atomic E-state index is 13.5. The van der Waals surface area contributed by atoms with E-state index in [4.69, 9.17) is 4.74 Å². The predicted molar refractivity (Wildman–Crippen MR) is 93.4 cm³/mol. The van der Waals surface area contributed by atoms with E-state index in [-0.39, 0.29) is 41.6 Å². The number of rotatable bonds is 5. The van der Waals surface area contributed by atoms with Crippen molar-refractivity contribution < 1.29 is 32.7 Å². The molecule has 0 unspecified atom stereocenters. The van der Waals surface area contributed by atoms with Crippen molar-refractivity contribution in [3.63, 3.8) is 0 Å². The summed E-state index contributed by atoms with van der Waals surface area (Å²) < 4.78 is 31.4. The van der Waals surface area contributed by atoms with Crippen LogP contribution in [0.25, 0.3) is 0 Å². The molecule has 0 saturated carbocycles. The van der Waals surface area contributed by atoms with Crippen molar-refractivity contribution in [1.29, 1.82) is 0 Å². The fourth-order valence-electron chi connectivity index (χ4n) is 2.63. The lowest BCUT2D eigenvalue weighted by molar-refractivity contribution is -0.121. The van der Waals surface area contributed by atoms with Gasteiger partial charge in [0.05, 0.1) is 16.9 Å². The first-order valence-electron chi connectivity index (χ1n) is 8.23. The smallest absolute Gasteiger partial charge is 0.338 e. The van der Waals surface area contributed by atoms with Gasteiger partial charge in [-0.15, -0.1) is 0 Å². The number of hydrogen-bond acceptors (Lipinski definition) is 5. The van der Waals surface area contributed by atoms with Gasteiger partial charge in [-0.2, -0.15) is 0 Å². The highest BCUT2D eigenvalue weighted by atomic mass is 19.1. The van der Waals surface area contributed by atoms with E-state index in [0.717, 1.165) is 23.1 Å². The van der Waals surface area contributed by atoms with Crippen molar-refractivity contribution in [2.75, 3.05) is 16.8 Å². The lowest BCUT2D eigenvalue weighted by Gasteiger charge is -2.14. The fourth-order valence-corrected chi connectivity index (χ4v) is 2.63. The van der Waals surface area contributed by atoms with Crippen LogP contribution in [-0.4, -0.2) is 30.3 Å². The summed E-state index contributed by atoms with van der Waals surface area (Å²) in [5.41, 5.74) is -0.128. The minimum Gasteiger partial charge on any atom is -0.452 e. The number of halogens is 2. The van der Waals surface area contributed by atoms with Crippen molar-refractivity contribution in [2.45, 2.75) is 12.8 Å². The Morgan fingerprint density at radius 3 is 2.46 bits per heavy atom. The van der Waals surface area contributed by atoms with Gasteiger partial charge in [-0.25, -0.2) is 13.6 Å². The summed E-state index contributed by atoms with van der Waals surface area (Å²) in [7, 11) is 0. The molecule has 2 aromatic carbocycles. The summed E-state index contributed by atoms with van der Waals surface area (Å²) in [6.45, 7) is -0.736. The number of nitrogens with zero attached hydrogens (tertiary/aromatic N) is 1. The molecule has 144 valence electrons. The molecule has 0 aromatic heterocycles. The lowest BCUT2D eigenvalue weighted by atomic mass is 10.2. The molecule has 28 heavy (non-hydrogen) atoms. The zero-order chi connectivity index (χ0) is 20.3. The molecule has 1 aliphatic rings. The van der Waals surface area contributed by atoms with Crippen LogP contribution in [0.4, 0.5) is 20.2 Å². The molecule has 1 N–H and O–H groups in total. The molecule has 1 heterocycles. The first-order chi connectivity index (χ1) is 13.3. The maximum atomic E-state index is 13.5. The molecule has 0 spiro atoms. The Balaban J connectivity index is 1.63. The van der Waals surface area contributed by atoms with Crippen LogP contribution in [0.5, 0.6) is 0 Å². The van der Waals surface area contributed by atoms with Gasteiger partial charge in [0.15, 0.2) is 6.61 Å². The van der Waals surface area contributed by atoms with E-state index in [1.54, 1.807) is 0 Å². The van der Waals surface area contributed by atoms with Gasteiger partial charge in [-0.05, 0) is 30.3 Å². The Hall–Kier alpha value is -3.62. The van der Waals surface area contributed by atoms with Crippen LogP contribution in [0.2, 0.25) is 0 Å². The van der Waals surface area contributed by atoms with E-state index in [1.807, 2.05) is 0 Å². The highest BCUT2D eigenvalue weighted by Crippen LogP contribution is 2.23. The van der Waals surface area contributed by atoms with Crippen LogP contribution in [0.3, 0.4) is 0 Å².